The van der Waals surface area contributed by atoms with Crippen molar-refractivity contribution in [2.75, 3.05) is 0 Å². The van der Waals surface area contributed by atoms with E-state index in [0.717, 1.165) is 17.7 Å². The summed E-state index contributed by atoms with van der Waals surface area (Å²) < 4.78 is 10.6. The summed E-state index contributed by atoms with van der Waals surface area (Å²) in [6.07, 6.45) is 1.41. The molecule has 0 aliphatic carbocycles. The van der Waals surface area contributed by atoms with Gasteiger partial charge >= 0.3 is 11.9 Å². The summed E-state index contributed by atoms with van der Waals surface area (Å²) in [5, 5.41) is 9.38. The molecule has 0 atom stereocenters. The van der Waals surface area contributed by atoms with Crippen LogP contribution in [0.25, 0.3) is 22.3 Å². The molecule has 0 saturated heterocycles. The van der Waals surface area contributed by atoms with E-state index in [1.54, 1.807) is 24.3 Å². The van der Waals surface area contributed by atoms with Gasteiger partial charge in [-0.3, -0.25) is 10.2 Å². The summed E-state index contributed by atoms with van der Waals surface area (Å²) in [7, 11) is 0. The first-order valence-electron chi connectivity index (χ1n) is 9.93. The van der Waals surface area contributed by atoms with Gasteiger partial charge in [-0.25, -0.2) is 15.4 Å². The molecule has 0 unspecified atom stereocenters. The Hall–Kier alpha value is -4.40. The lowest BCUT2D eigenvalue weighted by atomic mass is 9.97. The van der Waals surface area contributed by atoms with E-state index in [1.165, 1.54) is 6.26 Å². The minimum Gasteiger partial charge on any atom is -0.506 e. The Kier molecular flexibility index (Phi) is 6.44. The molecule has 170 valence electrons. The summed E-state index contributed by atoms with van der Waals surface area (Å²) in [6, 6.07) is 20.4. The fraction of sp³-hybridized carbons (Fsp3) is 0. The summed E-state index contributed by atoms with van der Waals surface area (Å²) in [5.41, 5.74) is 3.57. The van der Waals surface area contributed by atoms with Crippen LogP contribution in [-0.4, -0.2) is 23.0 Å². The number of furan rings is 1. The molecule has 3 aromatic carbocycles. The van der Waals surface area contributed by atoms with Crippen molar-refractivity contribution in [1.82, 2.24) is 5.43 Å². The number of phenols is 1. The lowest BCUT2D eigenvalue weighted by molar-refractivity contribution is 0.0374. The van der Waals surface area contributed by atoms with Gasteiger partial charge in [0.2, 0.25) is 5.76 Å². The Balaban J connectivity index is 1.74. The van der Waals surface area contributed by atoms with Crippen molar-refractivity contribution in [2.24, 2.45) is 5.84 Å². The van der Waals surface area contributed by atoms with E-state index < -0.39 is 34.2 Å². The van der Waals surface area contributed by atoms with Crippen molar-refractivity contribution < 1.29 is 28.6 Å². The number of amides is 1. The molecular weight excluding hydrogens is 460 g/mol. The summed E-state index contributed by atoms with van der Waals surface area (Å²) in [5.74, 6) is 1.30. The second kappa shape index (κ2) is 9.62. The first kappa shape index (κ1) is 22.8. The smallest absolute Gasteiger partial charge is 0.382 e. The van der Waals surface area contributed by atoms with Gasteiger partial charge in [0.15, 0.2) is 0 Å². The molecule has 0 bridgehead atoms. The van der Waals surface area contributed by atoms with Gasteiger partial charge in [0.05, 0.1) is 16.1 Å². The van der Waals surface area contributed by atoms with Gasteiger partial charge in [0, 0.05) is 11.1 Å². The van der Waals surface area contributed by atoms with E-state index in [-0.39, 0.29) is 11.3 Å². The fourth-order valence-corrected chi connectivity index (χ4v) is 3.70. The van der Waals surface area contributed by atoms with Crippen molar-refractivity contribution in [3.8, 4) is 28.0 Å². The molecule has 0 aliphatic rings. The van der Waals surface area contributed by atoms with E-state index in [4.69, 9.17) is 26.6 Å². The lowest BCUT2D eigenvalue weighted by Gasteiger charge is -2.11. The number of halogens is 1. The summed E-state index contributed by atoms with van der Waals surface area (Å²) in [4.78, 5) is 38.0. The maximum absolute atomic E-state index is 13.0. The van der Waals surface area contributed by atoms with E-state index >= 15 is 0 Å². The summed E-state index contributed by atoms with van der Waals surface area (Å²) >= 11 is 5.97. The molecular formula is C25H17ClN2O6. The molecule has 4 rings (SSSR count). The van der Waals surface area contributed by atoms with E-state index in [2.05, 4.69) is 0 Å². The van der Waals surface area contributed by atoms with Crippen LogP contribution >= 0.6 is 11.6 Å². The van der Waals surface area contributed by atoms with Crippen LogP contribution in [-0.2, 0) is 4.74 Å². The SMILES string of the molecule is NNC(=O)c1c(C(=O)OC(=O)c2occ(-c3ccccc3)c2-c2ccccc2)ccc(O)c1Cl. The molecule has 0 spiro atoms. The number of ether oxygens (including phenoxy) is 1. The number of hydrazine groups is 1. The number of carbonyl (C=O) groups is 3. The van der Waals surface area contributed by atoms with Crippen LogP contribution in [0.1, 0.15) is 31.3 Å². The maximum Gasteiger partial charge on any atom is 0.382 e. The van der Waals surface area contributed by atoms with Gasteiger partial charge in [0.25, 0.3) is 5.91 Å². The third-order valence-corrected chi connectivity index (χ3v) is 5.39. The molecule has 34 heavy (non-hydrogen) atoms. The van der Waals surface area contributed by atoms with Crippen LogP contribution in [0, 0.1) is 0 Å². The molecule has 1 amide bonds. The van der Waals surface area contributed by atoms with Crippen LogP contribution in [0.3, 0.4) is 0 Å². The average Bonchev–Trinajstić information content (AvgIpc) is 3.31. The maximum atomic E-state index is 13.0. The Morgan fingerprint density at radius 2 is 1.50 bits per heavy atom. The number of hydrogen-bond acceptors (Lipinski definition) is 7. The molecule has 0 saturated carbocycles. The molecule has 0 radical (unpaired) electrons. The van der Waals surface area contributed by atoms with E-state index in [1.807, 2.05) is 41.8 Å². The molecule has 4 aromatic rings. The minimum absolute atomic E-state index is 0.201. The highest BCUT2D eigenvalue weighted by Gasteiger charge is 2.29. The van der Waals surface area contributed by atoms with Gasteiger partial charge in [-0.15, -0.1) is 0 Å². The number of benzene rings is 3. The van der Waals surface area contributed by atoms with E-state index in [0.29, 0.717) is 16.7 Å². The Labute approximate surface area is 198 Å². The number of aromatic hydroxyl groups is 1. The highest BCUT2D eigenvalue weighted by molar-refractivity contribution is 6.36. The third-order valence-electron chi connectivity index (χ3n) is 5.01. The predicted molar refractivity (Wildman–Crippen MR) is 124 cm³/mol. The van der Waals surface area contributed by atoms with Gasteiger partial charge < -0.3 is 14.3 Å². The molecule has 0 aliphatic heterocycles. The minimum atomic E-state index is -1.18. The quantitative estimate of drug-likeness (QED) is 0.126. The molecule has 1 aromatic heterocycles. The van der Waals surface area contributed by atoms with E-state index in [9.17, 15) is 19.5 Å². The number of phenolic OH excluding ortho intramolecular Hbond substituents is 1. The van der Waals surface area contributed by atoms with Crippen molar-refractivity contribution in [3.63, 3.8) is 0 Å². The third kappa shape index (κ3) is 4.27. The van der Waals surface area contributed by atoms with Gasteiger partial charge in [-0.05, 0) is 23.3 Å². The molecule has 0 fully saturated rings. The van der Waals surface area contributed by atoms with Crippen molar-refractivity contribution in [1.29, 1.82) is 0 Å². The van der Waals surface area contributed by atoms with Crippen LogP contribution < -0.4 is 11.3 Å². The Bertz CT molecular complexity index is 1380. The lowest BCUT2D eigenvalue weighted by Crippen LogP contribution is -2.32. The molecule has 4 N–H and O–H groups in total. The standard InChI is InChI=1S/C25H17ClN2O6/c26-21-18(29)12-11-16(20(21)23(30)28-27)24(31)34-25(32)22-19(15-9-5-2-6-10-15)17(13-33-22)14-7-3-1-4-8-14/h1-13,29H,27H2,(H,28,30). The average molecular weight is 477 g/mol. The monoisotopic (exact) mass is 476 g/mol. The fourth-order valence-electron chi connectivity index (χ4n) is 3.44. The molecule has 9 heteroatoms. The first-order valence-corrected chi connectivity index (χ1v) is 10.3. The topological polar surface area (TPSA) is 132 Å². The van der Waals surface area contributed by atoms with Gasteiger partial charge in [-0.1, -0.05) is 72.3 Å². The number of hydrogen-bond donors (Lipinski definition) is 3. The predicted octanol–water partition coefficient (Wildman–Crippen LogP) is 4.57. The number of nitrogen functional groups attached to an aromatic ring is 1. The zero-order valence-corrected chi connectivity index (χ0v) is 18.2. The zero-order valence-electron chi connectivity index (χ0n) is 17.4. The van der Waals surface area contributed by atoms with Crippen LogP contribution in [0.4, 0.5) is 0 Å². The number of nitrogens with two attached hydrogens (primary N) is 1. The zero-order chi connectivity index (χ0) is 24.2. The van der Waals surface area contributed by atoms with Crippen molar-refractivity contribution in [3.05, 3.63) is 101 Å². The Morgan fingerprint density at radius 1 is 0.882 bits per heavy atom. The van der Waals surface area contributed by atoms with Crippen LogP contribution in [0.5, 0.6) is 5.75 Å². The van der Waals surface area contributed by atoms with Crippen LogP contribution in [0.15, 0.2) is 83.5 Å². The number of carbonyl (C=O) groups excluding carboxylic acids is 3. The molecule has 8 nitrogen and oxygen atoms in total. The van der Waals surface area contributed by atoms with Crippen molar-refractivity contribution >= 4 is 29.4 Å². The number of rotatable bonds is 5. The number of esters is 2. The second-order valence-corrected chi connectivity index (χ2v) is 7.44. The Morgan fingerprint density at radius 3 is 2.12 bits per heavy atom. The van der Waals surface area contributed by atoms with Crippen LogP contribution in [0.2, 0.25) is 5.02 Å². The highest BCUT2D eigenvalue weighted by Crippen LogP contribution is 2.37. The summed E-state index contributed by atoms with van der Waals surface area (Å²) in [6.45, 7) is 0. The largest absolute Gasteiger partial charge is 0.506 e. The number of nitrogens with one attached hydrogen (secondary N) is 1. The second-order valence-electron chi connectivity index (χ2n) is 7.06. The van der Waals surface area contributed by atoms with Crippen molar-refractivity contribution in [2.45, 2.75) is 0 Å². The van der Waals surface area contributed by atoms with Gasteiger partial charge in [0.1, 0.15) is 12.0 Å². The first-order chi connectivity index (χ1) is 16.4. The highest BCUT2D eigenvalue weighted by atomic mass is 35.5. The molecule has 1 heterocycles. The van der Waals surface area contributed by atoms with Gasteiger partial charge in [-0.2, -0.15) is 0 Å². The normalized spacial score (nSPS) is 10.5.